The number of ether oxygens (including phenoxy) is 3. The van der Waals surface area contributed by atoms with Crippen molar-refractivity contribution in [3.8, 4) is 5.75 Å². The van der Waals surface area contributed by atoms with Gasteiger partial charge in [-0.15, -0.1) is 0 Å². The van der Waals surface area contributed by atoms with Crippen LogP contribution in [0.5, 0.6) is 5.75 Å². The van der Waals surface area contributed by atoms with E-state index in [-0.39, 0.29) is 25.2 Å². The van der Waals surface area contributed by atoms with Crippen LogP contribution in [0, 0.1) is 0 Å². The molecule has 0 radical (unpaired) electrons. The van der Waals surface area contributed by atoms with Gasteiger partial charge in [-0.25, -0.2) is 19.7 Å². The number of rotatable bonds is 19. The molecule has 4 aromatic rings. The first-order valence-electron chi connectivity index (χ1n) is 18.5. The summed E-state index contributed by atoms with van der Waals surface area (Å²) in [5, 5.41) is 30.1. The van der Waals surface area contributed by atoms with Crippen molar-refractivity contribution in [1.82, 2.24) is 35.5 Å². The number of imidazole rings is 1. The van der Waals surface area contributed by atoms with E-state index in [0.717, 1.165) is 5.56 Å². The topological polar surface area (TPSA) is 219 Å². The molecule has 2 aromatic heterocycles. The molecule has 3 amide bonds. The minimum absolute atomic E-state index is 0.0143. The van der Waals surface area contributed by atoms with Crippen LogP contribution in [0.2, 0.25) is 0 Å². The number of unbranched alkanes of at least 4 members (excludes halogenated alkanes) is 2. The lowest BCUT2D eigenvalue weighted by atomic mass is 10.0. The molecule has 17 heteroatoms. The summed E-state index contributed by atoms with van der Waals surface area (Å²) in [5.74, 6) is -0.0915. The fraction of sp³-hybridized carbons (Fsp3) is 0.462. The number of hydrogen-bond donors (Lipinski definition) is 5. The predicted octanol–water partition coefficient (Wildman–Crippen LogP) is 2.20. The molecular weight excluding hydrogens is 724 g/mol. The molecule has 6 atom stereocenters. The second kappa shape index (κ2) is 19.8. The van der Waals surface area contributed by atoms with E-state index in [4.69, 9.17) is 14.2 Å². The number of alkyl carbamates (subject to hydrolysis) is 1. The van der Waals surface area contributed by atoms with Crippen LogP contribution >= 0.6 is 0 Å². The number of nitrogens with one attached hydrogen (secondary N) is 3. The zero-order valence-electron chi connectivity index (χ0n) is 32.0. The molecule has 0 bridgehead atoms. The number of aromatic nitrogens is 4. The van der Waals surface area contributed by atoms with E-state index in [1.54, 1.807) is 41.3 Å². The monoisotopic (exact) mass is 774 g/mol. The smallest absolute Gasteiger partial charge is 0.408 e. The van der Waals surface area contributed by atoms with Crippen molar-refractivity contribution in [1.29, 1.82) is 0 Å². The highest BCUT2D eigenvalue weighted by molar-refractivity contribution is 5.91. The Morgan fingerprint density at radius 1 is 0.929 bits per heavy atom. The fourth-order valence-corrected chi connectivity index (χ4v) is 6.48. The van der Waals surface area contributed by atoms with Gasteiger partial charge >= 0.3 is 6.09 Å². The number of benzene rings is 2. The molecule has 1 saturated heterocycles. The number of carbonyl (C=O) groups is 4. The average Bonchev–Trinajstić information content (AvgIpc) is 3.76. The van der Waals surface area contributed by atoms with E-state index in [9.17, 15) is 29.4 Å². The van der Waals surface area contributed by atoms with Crippen molar-refractivity contribution in [2.45, 2.75) is 88.6 Å². The number of fused-ring (bicyclic) bond motifs is 1. The molecule has 5 rings (SSSR count). The standard InChI is InChI=1S/C39H50N8O9/c1-24(49)11-7-5-10-14-28(44-39(53)55-21-26-12-8-6-9-13-26)36(51)43-29(19-25-15-17-27(54-4)18-16-25)37(52)45-31-30(20-48)56-38(33(31)50)47-23-42-32-34(46(2)3)40-22-41-35(32)47/h6,8-9,12-13,15-18,22-23,28-31,33,38,48,50H,5,7,10-11,14,19-21H2,1-4H3,(H,43,51)(H,44,53)(H,45,52)/t28?,29?,30-,31+,33?,38-/m1/s1. The minimum Gasteiger partial charge on any atom is -0.497 e. The number of anilines is 1. The van der Waals surface area contributed by atoms with Gasteiger partial charge in [0.05, 0.1) is 26.1 Å². The first-order valence-corrected chi connectivity index (χ1v) is 18.5. The van der Waals surface area contributed by atoms with Crippen molar-refractivity contribution < 1.29 is 43.6 Å². The normalized spacial score (nSPS) is 18.8. The van der Waals surface area contributed by atoms with Crippen molar-refractivity contribution in [2.24, 2.45) is 0 Å². The van der Waals surface area contributed by atoms with Gasteiger partial charge in [0.25, 0.3) is 0 Å². The molecule has 0 aliphatic carbocycles. The molecule has 17 nitrogen and oxygen atoms in total. The molecule has 56 heavy (non-hydrogen) atoms. The van der Waals surface area contributed by atoms with Crippen LogP contribution < -0.4 is 25.6 Å². The van der Waals surface area contributed by atoms with Gasteiger partial charge < -0.3 is 50.1 Å². The second-order valence-electron chi connectivity index (χ2n) is 13.9. The SMILES string of the molecule is COc1ccc(CC(NC(=O)C(CCCCCC(C)=O)NC(=O)OCc2ccccc2)C(=O)N[C@@H]2C(O)[C@H](n3cnc4c(N(C)C)ncnc43)O[C@@H]2CO)cc1. The van der Waals surface area contributed by atoms with Gasteiger partial charge in [-0.2, -0.15) is 0 Å². The summed E-state index contributed by atoms with van der Waals surface area (Å²) in [6.45, 7) is 0.961. The van der Waals surface area contributed by atoms with Gasteiger partial charge in [-0.05, 0) is 43.0 Å². The zero-order valence-corrected chi connectivity index (χ0v) is 32.0. The highest BCUT2D eigenvalue weighted by Gasteiger charge is 2.46. The summed E-state index contributed by atoms with van der Waals surface area (Å²) in [5.41, 5.74) is 2.29. The zero-order chi connectivity index (χ0) is 40.2. The van der Waals surface area contributed by atoms with E-state index in [1.807, 2.05) is 32.3 Å². The number of methoxy groups -OCH3 is 1. The van der Waals surface area contributed by atoms with Gasteiger partial charge in [0.1, 0.15) is 48.8 Å². The molecule has 3 unspecified atom stereocenters. The Hall–Kier alpha value is -5.65. The molecule has 0 spiro atoms. The molecule has 300 valence electrons. The lowest BCUT2D eigenvalue weighted by molar-refractivity contribution is -0.131. The van der Waals surface area contributed by atoms with E-state index in [1.165, 1.54) is 31.3 Å². The summed E-state index contributed by atoms with van der Waals surface area (Å²) < 4.78 is 18.3. The molecular formula is C39H50N8O9. The lowest BCUT2D eigenvalue weighted by Crippen LogP contribution is -2.58. The Morgan fingerprint density at radius 2 is 1.68 bits per heavy atom. The molecule has 3 heterocycles. The van der Waals surface area contributed by atoms with Crippen molar-refractivity contribution in [3.63, 3.8) is 0 Å². The summed E-state index contributed by atoms with van der Waals surface area (Å²) >= 11 is 0. The maximum absolute atomic E-state index is 14.2. The summed E-state index contributed by atoms with van der Waals surface area (Å²) in [7, 11) is 5.15. The number of Topliss-reactive ketones (excluding diaryl/α,β-unsaturated/α-hetero) is 1. The first-order chi connectivity index (χ1) is 27.0. The van der Waals surface area contributed by atoms with E-state index < -0.39 is 61.1 Å². The van der Waals surface area contributed by atoms with Gasteiger partial charge in [0, 0.05) is 26.9 Å². The summed E-state index contributed by atoms with van der Waals surface area (Å²) in [6, 6.07) is 12.6. The number of nitrogens with zero attached hydrogens (tertiary/aromatic N) is 5. The molecule has 0 saturated carbocycles. The van der Waals surface area contributed by atoms with Gasteiger partial charge in [-0.1, -0.05) is 55.3 Å². The Labute approximate surface area is 324 Å². The number of carbonyl (C=O) groups excluding carboxylic acids is 4. The molecule has 5 N–H and O–H groups in total. The number of hydrogen-bond acceptors (Lipinski definition) is 13. The number of aliphatic hydroxyl groups excluding tert-OH is 2. The third-order valence-electron chi connectivity index (χ3n) is 9.48. The summed E-state index contributed by atoms with van der Waals surface area (Å²) in [6.07, 6.45) is 0.929. The number of amides is 3. The number of ketones is 1. The largest absolute Gasteiger partial charge is 0.497 e. The maximum atomic E-state index is 14.2. The van der Waals surface area contributed by atoms with Crippen LogP contribution in [0.1, 0.15) is 56.4 Å². The van der Waals surface area contributed by atoms with Crippen molar-refractivity contribution >= 4 is 40.7 Å². The van der Waals surface area contributed by atoms with Gasteiger partial charge in [-0.3, -0.25) is 14.2 Å². The second-order valence-corrected chi connectivity index (χ2v) is 13.9. The van der Waals surface area contributed by atoms with E-state index >= 15 is 0 Å². The van der Waals surface area contributed by atoms with Crippen LogP contribution in [-0.2, 0) is 36.9 Å². The van der Waals surface area contributed by atoms with Gasteiger partial charge in [0.15, 0.2) is 23.2 Å². The van der Waals surface area contributed by atoms with Crippen LogP contribution in [0.3, 0.4) is 0 Å². The van der Waals surface area contributed by atoms with Crippen LogP contribution in [0.25, 0.3) is 11.2 Å². The first kappa shape index (κ1) is 41.5. The van der Waals surface area contributed by atoms with Crippen LogP contribution in [0.15, 0.2) is 67.3 Å². The Bertz CT molecular complexity index is 1920. The molecule has 1 aliphatic rings. The number of aliphatic hydroxyl groups is 2. The fourth-order valence-electron chi connectivity index (χ4n) is 6.48. The Balaban J connectivity index is 1.35. The molecule has 1 fully saturated rings. The average molecular weight is 775 g/mol. The lowest BCUT2D eigenvalue weighted by Gasteiger charge is -2.26. The van der Waals surface area contributed by atoms with Crippen LogP contribution in [0.4, 0.5) is 10.6 Å². The molecule has 1 aliphatic heterocycles. The van der Waals surface area contributed by atoms with Crippen molar-refractivity contribution in [3.05, 3.63) is 78.4 Å². The van der Waals surface area contributed by atoms with E-state index in [0.29, 0.717) is 54.0 Å². The predicted molar refractivity (Wildman–Crippen MR) is 205 cm³/mol. The summed E-state index contributed by atoms with van der Waals surface area (Å²) in [4.78, 5) is 67.4. The van der Waals surface area contributed by atoms with Gasteiger partial charge in [0.2, 0.25) is 11.8 Å². The third kappa shape index (κ3) is 10.8. The quantitative estimate of drug-likeness (QED) is 0.0865. The minimum atomic E-state index is -1.37. The highest BCUT2D eigenvalue weighted by atomic mass is 16.6. The third-order valence-corrected chi connectivity index (χ3v) is 9.48. The Morgan fingerprint density at radius 3 is 2.36 bits per heavy atom. The maximum Gasteiger partial charge on any atom is 0.408 e. The van der Waals surface area contributed by atoms with Crippen molar-refractivity contribution in [2.75, 3.05) is 32.7 Å². The molecule has 2 aromatic carbocycles. The Kier molecular flexibility index (Phi) is 14.7. The van der Waals surface area contributed by atoms with E-state index in [2.05, 4.69) is 30.9 Å². The van der Waals surface area contributed by atoms with Crippen LogP contribution in [-0.4, -0.2) is 112 Å². The highest BCUT2D eigenvalue weighted by Crippen LogP contribution is 2.32.